The summed E-state index contributed by atoms with van der Waals surface area (Å²) in [4.78, 5) is 35.5. The van der Waals surface area contributed by atoms with E-state index < -0.39 is 11.6 Å². The minimum atomic E-state index is -0.944. The van der Waals surface area contributed by atoms with Crippen LogP contribution >= 0.6 is 0 Å². The number of nitriles is 1. The van der Waals surface area contributed by atoms with E-state index in [4.69, 9.17) is 9.73 Å². The molecule has 2 saturated heterocycles. The number of rotatable bonds is 9. The van der Waals surface area contributed by atoms with Gasteiger partial charge < -0.3 is 20.3 Å². The van der Waals surface area contributed by atoms with Crippen molar-refractivity contribution >= 4 is 17.9 Å². The Hall–Kier alpha value is -3.16. The summed E-state index contributed by atoms with van der Waals surface area (Å²) in [5.41, 5.74) is 0.318. The van der Waals surface area contributed by atoms with Crippen molar-refractivity contribution in [1.29, 1.82) is 5.26 Å². The Balaban J connectivity index is 1.49. The number of carbonyl (C=O) groups excluding carboxylic acids is 2. The van der Waals surface area contributed by atoms with Crippen LogP contribution in [0.1, 0.15) is 57.4 Å². The van der Waals surface area contributed by atoms with Crippen molar-refractivity contribution in [3.05, 3.63) is 35.9 Å². The third-order valence-corrected chi connectivity index (χ3v) is 8.22. The monoisotopic (exact) mass is 551 g/mol. The number of aliphatic imine (C=N–C) groups is 1. The van der Waals surface area contributed by atoms with Gasteiger partial charge in [-0.05, 0) is 37.7 Å². The first-order chi connectivity index (χ1) is 19.5. The van der Waals surface area contributed by atoms with Crippen molar-refractivity contribution < 1.29 is 14.3 Å². The van der Waals surface area contributed by atoms with Crippen LogP contribution < -0.4 is 16.0 Å². The van der Waals surface area contributed by atoms with Gasteiger partial charge in [0.15, 0.2) is 0 Å². The summed E-state index contributed by atoms with van der Waals surface area (Å²) in [6.07, 6.45) is 7.79. The zero-order chi connectivity index (χ0) is 28.2. The standard InChI is InChI=1S/C30H45N7O3/c1-2-32-29(39)34-28(37-17-19-40-20-18-37)33-26(21-25-11-7-4-8-12-25)27(38)35-30(22-31)14-16-36(23-30)15-13-24-9-5-3-6-10-24/h3,5-6,9-10,25-26H,2,4,7-8,11-21,23H2,1H3,(H,35,38)(H2,32,33,34,39). The second-order valence-corrected chi connectivity index (χ2v) is 11.2. The lowest BCUT2D eigenvalue weighted by atomic mass is 9.84. The zero-order valence-electron chi connectivity index (χ0n) is 23.9. The molecule has 10 heteroatoms. The summed E-state index contributed by atoms with van der Waals surface area (Å²) in [5, 5.41) is 19.0. The van der Waals surface area contributed by atoms with Gasteiger partial charge in [0.25, 0.3) is 0 Å². The van der Waals surface area contributed by atoms with Gasteiger partial charge in [-0.1, -0.05) is 62.4 Å². The topological polar surface area (TPSA) is 122 Å². The maximum atomic E-state index is 13.9. The van der Waals surface area contributed by atoms with Gasteiger partial charge in [-0.25, -0.2) is 9.79 Å². The highest BCUT2D eigenvalue weighted by molar-refractivity contribution is 5.97. The number of urea groups is 1. The molecule has 0 radical (unpaired) electrons. The number of hydrogen-bond donors (Lipinski definition) is 3. The van der Waals surface area contributed by atoms with E-state index >= 15 is 0 Å². The molecular weight excluding hydrogens is 506 g/mol. The van der Waals surface area contributed by atoms with E-state index in [1.165, 1.54) is 12.0 Å². The lowest BCUT2D eigenvalue weighted by molar-refractivity contribution is -0.124. The lowest BCUT2D eigenvalue weighted by Crippen LogP contribution is -2.55. The number of nitrogens with one attached hydrogen (secondary N) is 3. The molecule has 0 spiro atoms. The van der Waals surface area contributed by atoms with Crippen LogP contribution in [0.3, 0.4) is 0 Å². The number of amides is 3. The number of nitrogens with zero attached hydrogens (tertiary/aromatic N) is 4. The molecule has 3 N–H and O–H groups in total. The third kappa shape index (κ3) is 8.67. The predicted molar refractivity (Wildman–Crippen MR) is 155 cm³/mol. The molecule has 0 bridgehead atoms. The molecule has 218 valence electrons. The molecule has 3 aliphatic rings. The Morgan fingerprint density at radius 2 is 1.90 bits per heavy atom. The Labute approximate surface area is 238 Å². The van der Waals surface area contributed by atoms with E-state index in [1.54, 1.807) is 0 Å². The van der Waals surface area contributed by atoms with Gasteiger partial charge in [0.1, 0.15) is 11.6 Å². The number of guanidine groups is 1. The normalized spacial score (nSPS) is 23.3. The minimum Gasteiger partial charge on any atom is -0.378 e. The van der Waals surface area contributed by atoms with E-state index in [9.17, 15) is 14.9 Å². The first kappa shape index (κ1) is 29.8. The highest BCUT2D eigenvalue weighted by Crippen LogP contribution is 2.29. The second-order valence-electron chi connectivity index (χ2n) is 11.2. The van der Waals surface area contributed by atoms with Crippen molar-refractivity contribution in [3.8, 4) is 6.07 Å². The van der Waals surface area contributed by atoms with E-state index in [1.807, 2.05) is 30.0 Å². The van der Waals surface area contributed by atoms with Crippen LogP contribution in [0.25, 0.3) is 0 Å². The zero-order valence-corrected chi connectivity index (χ0v) is 23.9. The third-order valence-electron chi connectivity index (χ3n) is 8.22. The second kappa shape index (κ2) is 15.0. The molecule has 3 amide bonds. The summed E-state index contributed by atoms with van der Waals surface area (Å²) in [6, 6.07) is 11.7. The molecule has 1 saturated carbocycles. The van der Waals surface area contributed by atoms with Crippen molar-refractivity contribution in [2.45, 2.75) is 69.9 Å². The number of likely N-dealkylation sites (tertiary alicyclic amines) is 1. The van der Waals surface area contributed by atoms with E-state index in [-0.39, 0.29) is 11.9 Å². The molecule has 2 heterocycles. The van der Waals surface area contributed by atoms with Crippen LogP contribution in [0.5, 0.6) is 0 Å². The SMILES string of the molecule is CCNC(=O)NC(=NC(CC1CCCCC1)C(=O)NC1(C#N)CCN(CCc2ccccc2)C1)N1CCOCC1. The van der Waals surface area contributed by atoms with Gasteiger partial charge in [0.2, 0.25) is 11.9 Å². The van der Waals surface area contributed by atoms with Crippen LogP contribution in [-0.4, -0.2) is 91.8 Å². The Bertz CT molecular complexity index is 1030. The largest absolute Gasteiger partial charge is 0.378 e. The molecule has 1 aliphatic carbocycles. The van der Waals surface area contributed by atoms with Crippen LogP contribution in [0.4, 0.5) is 4.79 Å². The number of ether oxygens (including phenoxy) is 1. The Morgan fingerprint density at radius 1 is 1.15 bits per heavy atom. The highest BCUT2D eigenvalue weighted by Gasteiger charge is 2.41. The van der Waals surface area contributed by atoms with Crippen LogP contribution in [0.2, 0.25) is 0 Å². The number of hydrogen-bond acceptors (Lipinski definition) is 6. The van der Waals surface area contributed by atoms with Gasteiger partial charge in [-0.15, -0.1) is 0 Å². The number of benzene rings is 1. The maximum absolute atomic E-state index is 13.9. The van der Waals surface area contributed by atoms with Gasteiger partial charge in [0.05, 0.1) is 19.3 Å². The van der Waals surface area contributed by atoms with Gasteiger partial charge in [-0.2, -0.15) is 5.26 Å². The lowest BCUT2D eigenvalue weighted by Gasteiger charge is -2.32. The smallest absolute Gasteiger partial charge is 0.321 e. The molecular formula is C30H45N7O3. The van der Waals surface area contributed by atoms with Gasteiger partial charge >= 0.3 is 6.03 Å². The fraction of sp³-hybridized carbons (Fsp3) is 0.667. The molecule has 2 unspecified atom stereocenters. The Morgan fingerprint density at radius 3 is 2.60 bits per heavy atom. The molecule has 2 atom stereocenters. The number of carbonyl (C=O) groups is 2. The molecule has 2 aliphatic heterocycles. The fourth-order valence-corrected chi connectivity index (χ4v) is 5.93. The van der Waals surface area contributed by atoms with Crippen LogP contribution in [-0.2, 0) is 16.0 Å². The quantitative estimate of drug-likeness (QED) is 0.320. The van der Waals surface area contributed by atoms with Gasteiger partial charge in [-0.3, -0.25) is 15.0 Å². The molecule has 3 fully saturated rings. The molecule has 0 aromatic heterocycles. The summed E-state index contributed by atoms with van der Waals surface area (Å²) >= 11 is 0. The Kier molecular flexibility index (Phi) is 11.2. The first-order valence-electron chi connectivity index (χ1n) is 14.9. The van der Waals surface area contributed by atoms with Crippen molar-refractivity contribution in [2.24, 2.45) is 10.9 Å². The summed E-state index contributed by atoms with van der Waals surface area (Å²) < 4.78 is 5.51. The summed E-state index contributed by atoms with van der Waals surface area (Å²) in [7, 11) is 0. The number of morpholine rings is 1. The minimum absolute atomic E-state index is 0.236. The average Bonchev–Trinajstić information content (AvgIpc) is 3.40. The summed E-state index contributed by atoms with van der Waals surface area (Å²) in [5.74, 6) is 0.556. The van der Waals surface area contributed by atoms with E-state index in [0.29, 0.717) is 64.1 Å². The predicted octanol–water partition coefficient (Wildman–Crippen LogP) is 2.66. The maximum Gasteiger partial charge on any atom is 0.321 e. The van der Waals surface area contributed by atoms with Crippen molar-refractivity contribution in [1.82, 2.24) is 25.8 Å². The summed E-state index contributed by atoms with van der Waals surface area (Å²) in [6.45, 7) is 6.67. The highest BCUT2D eigenvalue weighted by atomic mass is 16.5. The molecule has 10 nitrogen and oxygen atoms in total. The van der Waals surface area contributed by atoms with Crippen molar-refractivity contribution in [3.63, 3.8) is 0 Å². The van der Waals surface area contributed by atoms with Crippen LogP contribution in [0.15, 0.2) is 35.3 Å². The molecule has 1 aromatic rings. The van der Waals surface area contributed by atoms with Crippen molar-refractivity contribution in [2.75, 3.05) is 52.5 Å². The van der Waals surface area contributed by atoms with E-state index in [0.717, 1.165) is 45.2 Å². The fourth-order valence-electron chi connectivity index (χ4n) is 5.93. The molecule has 1 aromatic carbocycles. The van der Waals surface area contributed by atoms with E-state index in [2.05, 4.69) is 39.1 Å². The van der Waals surface area contributed by atoms with Gasteiger partial charge in [0, 0.05) is 39.3 Å². The first-order valence-corrected chi connectivity index (χ1v) is 14.9. The molecule has 4 rings (SSSR count). The molecule has 40 heavy (non-hydrogen) atoms. The average molecular weight is 552 g/mol. The van der Waals surface area contributed by atoms with Crippen LogP contribution in [0, 0.1) is 17.2 Å².